The maximum Gasteiger partial charge on any atom is 0.234 e. The van der Waals surface area contributed by atoms with E-state index in [4.69, 9.17) is 15.2 Å². The van der Waals surface area contributed by atoms with Gasteiger partial charge in [-0.2, -0.15) is 0 Å². The highest BCUT2D eigenvalue weighted by molar-refractivity contribution is 5.98. The Morgan fingerprint density at radius 2 is 2.11 bits per heavy atom. The Balaban J connectivity index is 1.83. The van der Waals surface area contributed by atoms with Gasteiger partial charge in [0.2, 0.25) is 12.7 Å². The van der Waals surface area contributed by atoms with E-state index in [1.54, 1.807) is 11.9 Å². The summed E-state index contributed by atoms with van der Waals surface area (Å²) < 4.78 is 10.6. The number of nitrogens with zero attached hydrogens (tertiary/aromatic N) is 1. The highest BCUT2D eigenvalue weighted by Crippen LogP contribution is 2.43. The third-order valence-electron chi connectivity index (χ3n) is 4.20. The number of rotatable bonds is 3. The van der Waals surface area contributed by atoms with Gasteiger partial charge in [0.05, 0.1) is 5.41 Å². The van der Waals surface area contributed by atoms with Crippen LogP contribution < -0.4 is 20.1 Å². The van der Waals surface area contributed by atoms with E-state index in [9.17, 15) is 4.79 Å². The number of anilines is 1. The molecule has 1 aliphatic heterocycles. The molecule has 1 fully saturated rings. The number of carbonyl (C=O) groups is 1. The Labute approximate surface area is 112 Å². The molecule has 5 heteroatoms. The monoisotopic (exact) mass is 262 g/mol. The molecule has 0 aromatic heterocycles. The first-order valence-electron chi connectivity index (χ1n) is 6.54. The number of nitrogens with two attached hydrogens (primary N) is 1. The fourth-order valence-corrected chi connectivity index (χ4v) is 2.68. The van der Waals surface area contributed by atoms with E-state index >= 15 is 0 Å². The van der Waals surface area contributed by atoms with Crippen molar-refractivity contribution in [1.82, 2.24) is 0 Å². The molecule has 0 atom stereocenters. The molecule has 102 valence electrons. The molecule has 2 N–H and O–H groups in total. The summed E-state index contributed by atoms with van der Waals surface area (Å²) in [5.41, 5.74) is 6.24. The Kier molecular flexibility index (Phi) is 2.86. The first kappa shape index (κ1) is 12.3. The van der Waals surface area contributed by atoms with Crippen molar-refractivity contribution >= 4 is 11.6 Å². The fraction of sp³-hybridized carbons (Fsp3) is 0.500. The quantitative estimate of drug-likeness (QED) is 0.896. The van der Waals surface area contributed by atoms with Crippen molar-refractivity contribution in [3.8, 4) is 11.5 Å². The van der Waals surface area contributed by atoms with Gasteiger partial charge in [0.1, 0.15) is 0 Å². The molecule has 1 aromatic rings. The molecule has 0 radical (unpaired) electrons. The molecule has 1 aliphatic carbocycles. The van der Waals surface area contributed by atoms with Crippen LogP contribution in [-0.2, 0) is 4.79 Å². The first-order chi connectivity index (χ1) is 9.16. The van der Waals surface area contributed by atoms with E-state index in [0.717, 1.165) is 30.7 Å². The van der Waals surface area contributed by atoms with Gasteiger partial charge in [0, 0.05) is 25.3 Å². The topological polar surface area (TPSA) is 64.8 Å². The Morgan fingerprint density at radius 3 is 2.74 bits per heavy atom. The Bertz CT molecular complexity index is 506. The standard InChI is InChI=1S/C14H18N2O3/c1-16(13(17)14(8-15)5-2-6-14)10-3-4-11-12(7-10)19-9-18-11/h3-4,7H,2,5-6,8-9,15H2,1H3. The lowest BCUT2D eigenvalue weighted by molar-refractivity contribution is -0.131. The average molecular weight is 262 g/mol. The maximum absolute atomic E-state index is 12.6. The van der Waals surface area contributed by atoms with Crippen molar-refractivity contribution in [1.29, 1.82) is 0 Å². The summed E-state index contributed by atoms with van der Waals surface area (Å²) in [6.07, 6.45) is 2.85. The number of hydrogen-bond donors (Lipinski definition) is 1. The second-order valence-electron chi connectivity index (χ2n) is 5.24. The summed E-state index contributed by atoms with van der Waals surface area (Å²) in [5.74, 6) is 1.51. The van der Waals surface area contributed by atoms with Crippen molar-refractivity contribution in [2.24, 2.45) is 11.1 Å². The van der Waals surface area contributed by atoms with Crippen LogP contribution in [0.2, 0.25) is 0 Å². The molecule has 2 aliphatic rings. The van der Waals surface area contributed by atoms with Gasteiger partial charge in [-0.15, -0.1) is 0 Å². The van der Waals surface area contributed by atoms with E-state index in [0.29, 0.717) is 12.3 Å². The number of carbonyl (C=O) groups excluding carboxylic acids is 1. The molecule has 3 rings (SSSR count). The molecule has 0 unspecified atom stereocenters. The first-order valence-corrected chi connectivity index (χ1v) is 6.54. The zero-order valence-electron chi connectivity index (χ0n) is 11.0. The number of fused-ring (bicyclic) bond motifs is 1. The predicted molar refractivity (Wildman–Crippen MR) is 71.3 cm³/mol. The summed E-state index contributed by atoms with van der Waals surface area (Å²) in [7, 11) is 1.79. The summed E-state index contributed by atoms with van der Waals surface area (Å²) in [6.45, 7) is 0.657. The minimum absolute atomic E-state index is 0.0973. The van der Waals surface area contributed by atoms with Gasteiger partial charge < -0.3 is 20.1 Å². The van der Waals surface area contributed by atoms with Crippen LogP contribution in [0.15, 0.2) is 18.2 Å². The summed E-state index contributed by atoms with van der Waals surface area (Å²) >= 11 is 0. The predicted octanol–water partition coefficient (Wildman–Crippen LogP) is 1.51. The highest BCUT2D eigenvalue weighted by atomic mass is 16.7. The smallest absolute Gasteiger partial charge is 0.234 e. The van der Waals surface area contributed by atoms with E-state index in [-0.39, 0.29) is 18.1 Å². The van der Waals surface area contributed by atoms with Gasteiger partial charge in [-0.1, -0.05) is 6.42 Å². The number of benzene rings is 1. The van der Waals surface area contributed by atoms with Crippen LogP contribution in [0.4, 0.5) is 5.69 Å². The van der Waals surface area contributed by atoms with Gasteiger partial charge in [-0.05, 0) is 25.0 Å². The zero-order chi connectivity index (χ0) is 13.5. The fourth-order valence-electron chi connectivity index (χ4n) is 2.68. The van der Waals surface area contributed by atoms with Gasteiger partial charge in [0.15, 0.2) is 11.5 Å². The second kappa shape index (κ2) is 4.42. The van der Waals surface area contributed by atoms with Gasteiger partial charge >= 0.3 is 0 Å². The zero-order valence-corrected chi connectivity index (χ0v) is 11.0. The third-order valence-corrected chi connectivity index (χ3v) is 4.20. The molecule has 0 spiro atoms. The normalized spacial score (nSPS) is 18.8. The SMILES string of the molecule is CN(C(=O)C1(CN)CCC1)c1ccc2c(c1)OCO2. The summed E-state index contributed by atoms with van der Waals surface area (Å²) in [6, 6.07) is 5.54. The van der Waals surface area contributed by atoms with E-state index in [1.807, 2.05) is 18.2 Å². The van der Waals surface area contributed by atoms with Crippen LogP contribution in [0.3, 0.4) is 0 Å². The summed E-state index contributed by atoms with van der Waals surface area (Å²) in [4.78, 5) is 14.2. The number of hydrogen-bond acceptors (Lipinski definition) is 4. The molecule has 1 heterocycles. The Morgan fingerprint density at radius 1 is 1.37 bits per heavy atom. The van der Waals surface area contributed by atoms with Crippen molar-refractivity contribution in [2.75, 3.05) is 25.3 Å². The van der Waals surface area contributed by atoms with Crippen LogP contribution in [0.5, 0.6) is 11.5 Å². The lowest BCUT2D eigenvalue weighted by atomic mass is 9.68. The molecule has 1 saturated carbocycles. The molecule has 0 saturated heterocycles. The maximum atomic E-state index is 12.6. The van der Waals surface area contributed by atoms with E-state index in [1.165, 1.54) is 0 Å². The summed E-state index contributed by atoms with van der Waals surface area (Å²) in [5, 5.41) is 0. The van der Waals surface area contributed by atoms with Crippen LogP contribution >= 0.6 is 0 Å². The lowest BCUT2D eigenvalue weighted by Gasteiger charge is -2.41. The van der Waals surface area contributed by atoms with E-state index < -0.39 is 0 Å². The van der Waals surface area contributed by atoms with Crippen molar-refractivity contribution in [2.45, 2.75) is 19.3 Å². The van der Waals surface area contributed by atoms with Crippen molar-refractivity contribution in [3.05, 3.63) is 18.2 Å². The second-order valence-corrected chi connectivity index (χ2v) is 5.24. The van der Waals surface area contributed by atoms with Crippen molar-refractivity contribution in [3.63, 3.8) is 0 Å². The van der Waals surface area contributed by atoms with Gasteiger partial charge in [0.25, 0.3) is 0 Å². The van der Waals surface area contributed by atoms with Crippen molar-refractivity contribution < 1.29 is 14.3 Å². The number of amides is 1. The van der Waals surface area contributed by atoms with Gasteiger partial charge in [-0.3, -0.25) is 4.79 Å². The lowest BCUT2D eigenvalue weighted by Crippen LogP contribution is -2.51. The largest absolute Gasteiger partial charge is 0.454 e. The molecular formula is C14H18N2O3. The Hall–Kier alpha value is -1.75. The average Bonchev–Trinajstić information content (AvgIpc) is 2.84. The molecular weight excluding hydrogens is 244 g/mol. The van der Waals surface area contributed by atoms with Crippen LogP contribution in [-0.4, -0.2) is 26.3 Å². The molecule has 1 amide bonds. The van der Waals surface area contributed by atoms with Crippen LogP contribution in [0.1, 0.15) is 19.3 Å². The van der Waals surface area contributed by atoms with Crippen LogP contribution in [0.25, 0.3) is 0 Å². The molecule has 19 heavy (non-hydrogen) atoms. The van der Waals surface area contributed by atoms with E-state index in [2.05, 4.69) is 0 Å². The van der Waals surface area contributed by atoms with Crippen LogP contribution in [0, 0.1) is 5.41 Å². The number of ether oxygens (including phenoxy) is 2. The molecule has 1 aromatic carbocycles. The third kappa shape index (κ3) is 1.85. The minimum Gasteiger partial charge on any atom is -0.454 e. The highest BCUT2D eigenvalue weighted by Gasteiger charge is 2.44. The molecule has 5 nitrogen and oxygen atoms in total. The van der Waals surface area contributed by atoms with Gasteiger partial charge in [-0.25, -0.2) is 0 Å². The molecule has 0 bridgehead atoms. The minimum atomic E-state index is -0.356.